The lowest BCUT2D eigenvalue weighted by atomic mass is 10.1. The molecule has 0 N–H and O–H groups in total. The Morgan fingerprint density at radius 2 is 1.88 bits per heavy atom. The van der Waals surface area contributed by atoms with Gasteiger partial charge in [-0.2, -0.15) is 0 Å². The number of aliphatic imine (C=N–C) groups is 1. The topological polar surface area (TPSA) is 51.1 Å². The summed E-state index contributed by atoms with van der Waals surface area (Å²) in [6.07, 6.45) is 0. The molecule has 1 aliphatic rings. The van der Waals surface area contributed by atoms with Gasteiger partial charge in [-0.15, -0.1) is 0 Å². The van der Waals surface area contributed by atoms with E-state index in [1.54, 1.807) is 37.3 Å². The monoisotopic (exact) mass is 390 g/mol. The molecule has 0 spiro atoms. The van der Waals surface area contributed by atoms with Crippen LogP contribution < -0.4 is 9.47 Å². The minimum atomic E-state index is -0.172. The maximum absolute atomic E-state index is 13.1. The number of thioether (sulfide) groups is 1. The second-order valence-electron chi connectivity index (χ2n) is 5.58. The summed E-state index contributed by atoms with van der Waals surface area (Å²) >= 11 is 7.55. The van der Waals surface area contributed by atoms with Crippen LogP contribution in [0.5, 0.6) is 11.5 Å². The average molecular weight is 391 g/mol. The largest absolute Gasteiger partial charge is 0.496 e. The van der Waals surface area contributed by atoms with Gasteiger partial charge >= 0.3 is 0 Å². The Bertz CT molecular complexity index is 819. The third-order valence-electron chi connectivity index (χ3n) is 3.95. The van der Waals surface area contributed by atoms with Gasteiger partial charge in [-0.05, 0) is 29.8 Å². The van der Waals surface area contributed by atoms with Crippen molar-refractivity contribution in [2.45, 2.75) is 5.75 Å². The SMILES string of the molecule is COc1cccc(OC)c1C(=O)N1CCN=C1SCc1cccc(Cl)c1. The summed E-state index contributed by atoms with van der Waals surface area (Å²) in [6, 6.07) is 13.0. The summed E-state index contributed by atoms with van der Waals surface area (Å²) in [4.78, 5) is 19.3. The number of hydrogen-bond donors (Lipinski definition) is 0. The predicted octanol–water partition coefficient (Wildman–Crippen LogP) is 4.10. The fraction of sp³-hybridized carbons (Fsp3) is 0.263. The van der Waals surface area contributed by atoms with E-state index in [9.17, 15) is 4.79 Å². The van der Waals surface area contributed by atoms with Gasteiger partial charge in [0.05, 0.1) is 20.8 Å². The summed E-state index contributed by atoms with van der Waals surface area (Å²) in [5.41, 5.74) is 1.50. The maximum atomic E-state index is 13.1. The van der Waals surface area contributed by atoms with Crippen molar-refractivity contribution in [3.8, 4) is 11.5 Å². The van der Waals surface area contributed by atoms with Gasteiger partial charge in [0.15, 0.2) is 5.17 Å². The van der Waals surface area contributed by atoms with Crippen LogP contribution in [0.2, 0.25) is 5.02 Å². The van der Waals surface area contributed by atoms with E-state index in [2.05, 4.69) is 4.99 Å². The van der Waals surface area contributed by atoms with Crippen molar-refractivity contribution in [3.63, 3.8) is 0 Å². The van der Waals surface area contributed by atoms with Crippen molar-refractivity contribution in [3.05, 3.63) is 58.6 Å². The third-order valence-corrected chi connectivity index (χ3v) is 5.27. The van der Waals surface area contributed by atoms with Crippen LogP contribution in [0.15, 0.2) is 47.5 Å². The second kappa shape index (κ2) is 8.47. The Morgan fingerprint density at radius 3 is 2.54 bits per heavy atom. The number of benzene rings is 2. The van der Waals surface area contributed by atoms with Crippen LogP contribution in [0.4, 0.5) is 0 Å². The van der Waals surface area contributed by atoms with Crippen LogP contribution in [0.1, 0.15) is 15.9 Å². The number of carbonyl (C=O) groups excluding carboxylic acids is 1. The van der Waals surface area contributed by atoms with Gasteiger partial charge in [0.1, 0.15) is 17.1 Å². The third kappa shape index (κ3) is 3.97. The summed E-state index contributed by atoms with van der Waals surface area (Å²) < 4.78 is 10.7. The Labute approximate surface area is 162 Å². The van der Waals surface area contributed by atoms with Crippen molar-refractivity contribution < 1.29 is 14.3 Å². The number of ether oxygens (including phenoxy) is 2. The Balaban J connectivity index is 1.79. The molecule has 2 aromatic rings. The first-order valence-electron chi connectivity index (χ1n) is 8.08. The molecule has 0 fully saturated rings. The van der Waals surface area contributed by atoms with Crippen molar-refractivity contribution in [2.24, 2.45) is 4.99 Å². The molecule has 0 aliphatic carbocycles. The fourth-order valence-electron chi connectivity index (χ4n) is 2.71. The molecule has 0 bridgehead atoms. The minimum absolute atomic E-state index is 0.172. The molecule has 26 heavy (non-hydrogen) atoms. The predicted molar refractivity (Wildman–Crippen MR) is 106 cm³/mol. The van der Waals surface area contributed by atoms with Gasteiger partial charge < -0.3 is 9.47 Å². The molecule has 0 saturated carbocycles. The molecular weight excluding hydrogens is 372 g/mol. The molecule has 1 amide bonds. The number of rotatable bonds is 5. The van der Waals surface area contributed by atoms with Crippen molar-refractivity contribution in [1.82, 2.24) is 4.90 Å². The minimum Gasteiger partial charge on any atom is -0.496 e. The molecule has 5 nitrogen and oxygen atoms in total. The first kappa shape index (κ1) is 18.6. The molecule has 0 radical (unpaired) electrons. The molecule has 0 atom stereocenters. The number of carbonyl (C=O) groups is 1. The van der Waals surface area contributed by atoms with E-state index in [0.717, 1.165) is 5.56 Å². The zero-order valence-electron chi connectivity index (χ0n) is 14.6. The van der Waals surface area contributed by atoms with Crippen LogP contribution in [0, 0.1) is 0 Å². The summed E-state index contributed by atoms with van der Waals surface area (Å²) in [7, 11) is 3.08. The lowest BCUT2D eigenvalue weighted by molar-refractivity contribution is 0.0854. The highest BCUT2D eigenvalue weighted by molar-refractivity contribution is 8.13. The molecule has 7 heteroatoms. The molecule has 3 rings (SSSR count). The molecule has 0 saturated heterocycles. The highest BCUT2D eigenvalue weighted by Gasteiger charge is 2.29. The highest BCUT2D eigenvalue weighted by Crippen LogP contribution is 2.31. The van der Waals surface area contributed by atoms with Crippen LogP contribution in [0.25, 0.3) is 0 Å². The quantitative estimate of drug-likeness (QED) is 0.771. The molecule has 1 aliphatic heterocycles. The van der Waals surface area contributed by atoms with Gasteiger partial charge in [0.25, 0.3) is 5.91 Å². The zero-order chi connectivity index (χ0) is 18.5. The number of amides is 1. The number of amidine groups is 1. The Hall–Kier alpha value is -2.18. The Kier molecular flexibility index (Phi) is 6.06. The standard InChI is InChI=1S/C19H19ClN2O3S/c1-24-15-7-4-8-16(25-2)17(15)18(23)22-10-9-21-19(22)26-12-13-5-3-6-14(20)11-13/h3-8,11H,9-10,12H2,1-2H3. The lowest BCUT2D eigenvalue weighted by Gasteiger charge is -2.20. The molecule has 1 heterocycles. The molecule has 0 aromatic heterocycles. The molecular formula is C19H19ClN2O3S. The first-order chi connectivity index (χ1) is 12.6. The van der Waals surface area contributed by atoms with E-state index >= 15 is 0 Å². The van der Waals surface area contributed by atoms with Crippen LogP contribution >= 0.6 is 23.4 Å². The maximum Gasteiger partial charge on any atom is 0.267 e. The lowest BCUT2D eigenvalue weighted by Crippen LogP contribution is -2.33. The van der Waals surface area contributed by atoms with Gasteiger partial charge in [0.2, 0.25) is 0 Å². The van der Waals surface area contributed by atoms with E-state index in [0.29, 0.717) is 46.1 Å². The van der Waals surface area contributed by atoms with E-state index in [1.165, 1.54) is 11.8 Å². The first-order valence-corrected chi connectivity index (χ1v) is 9.45. The van der Waals surface area contributed by atoms with Gasteiger partial charge in [-0.3, -0.25) is 14.7 Å². The van der Waals surface area contributed by atoms with Gasteiger partial charge in [-0.1, -0.05) is 41.6 Å². The number of hydrogen-bond acceptors (Lipinski definition) is 5. The normalized spacial score (nSPS) is 13.5. The van der Waals surface area contributed by atoms with Crippen LogP contribution in [0.3, 0.4) is 0 Å². The molecule has 136 valence electrons. The van der Waals surface area contributed by atoms with Gasteiger partial charge in [-0.25, -0.2) is 0 Å². The molecule has 0 unspecified atom stereocenters. The zero-order valence-corrected chi connectivity index (χ0v) is 16.1. The highest BCUT2D eigenvalue weighted by atomic mass is 35.5. The number of nitrogens with zero attached hydrogens (tertiary/aromatic N) is 2. The summed E-state index contributed by atoms with van der Waals surface area (Å²) in [5, 5.41) is 1.39. The second-order valence-corrected chi connectivity index (χ2v) is 6.96. The van der Waals surface area contributed by atoms with Crippen molar-refractivity contribution in [2.75, 3.05) is 27.3 Å². The van der Waals surface area contributed by atoms with Crippen LogP contribution in [-0.4, -0.2) is 43.3 Å². The number of halogens is 1. The fourth-order valence-corrected chi connectivity index (χ4v) is 3.91. The summed E-state index contributed by atoms with van der Waals surface area (Å²) in [5.74, 6) is 1.49. The van der Waals surface area contributed by atoms with Gasteiger partial charge in [0, 0.05) is 17.3 Å². The van der Waals surface area contributed by atoms with E-state index in [1.807, 2.05) is 24.3 Å². The summed E-state index contributed by atoms with van der Waals surface area (Å²) in [6.45, 7) is 1.12. The average Bonchev–Trinajstić information content (AvgIpc) is 3.13. The van der Waals surface area contributed by atoms with Crippen molar-refractivity contribution in [1.29, 1.82) is 0 Å². The Morgan fingerprint density at radius 1 is 1.19 bits per heavy atom. The smallest absolute Gasteiger partial charge is 0.267 e. The molecule has 2 aromatic carbocycles. The van der Waals surface area contributed by atoms with Crippen molar-refractivity contribution >= 4 is 34.4 Å². The van der Waals surface area contributed by atoms with E-state index in [4.69, 9.17) is 21.1 Å². The van der Waals surface area contributed by atoms with E-state index < -0.39 is 0 Å². The van der Waals surface area contributed by atoms with Crippen LogP contribution in [-0.2, 0) is 5.75 Å². The number of methoxy groups -OCH3 is 2. The van der Waals surface area contributed by atoms with E-state index in [-0.39, 0.29) is 5.91 Å².